The molecule has 0 radical (unpaired) electrons. The van der Waals surface area contributed by atoms with Crippen molar-refractivity contribution in [3.63, 3.8) is 0 Å². The van der Waals surface area contributed by atoms with Crippen molar-refractivity contribution in [3.05, 3.63) is 75.1 Å². The van der Waals surface area contributed by atoms with E-state index in [4.69, 9.17) is 27.9 Å². The number of esters is 1. The Labute approximate surface area is 170 Å². The normalized spacial score (nSPS) is 10.5. The average Bonchev–Trinajstić information content (AvgIpc) is 3.06. The number of amides is 1. The second kappa shape index (κ2) is 8.57. The molecule has 1 heterocycles. The van der Waals surface area contributed by atoms with Gasteiger partial charge in [0.2, 0.25) is 0 Å². The number of carbonyl (C=O) groups excluding carboxylic acids is 2. The monoisotopic (exact) mass is 419 g/mol. The van der Waals surface area contributed by atoms with Gasteiger partial charge in [-0.25, -0.2) is 4.79 Å². The van der Waals surface area contributed by atoms with Crippen LogP contribution < -0.4 is 5.32 Å². The summed E-state index contributed by atoms with van der Waals surface area (Å²) in [6.45, 7) is 1.98. The highest BCUT2D eigenvalue weighted by Crippen LogP contribution is 2.35. The zero-order chi connectivity index (χ0) is 19.4. The molecule has 3 aromatic rings. The fourth-order valence-corrected chi connectivity index (χ4v) is 4.00. The van der Waals surface area contributed by atoms with Crippen molar-refractivity contribution in [3.8, 4) is 10.4 Å². The minimum absolute atomic E-state index is 0.245. The van der Waals surface area contributed by atoms with Crippen molar-refractivity contribution < 1.29 is 14.3 Å². The van der Waals surface area contributed by atoms with Gasteiger partial charge in [-0.15, -0.1) is 11.3 Å². The highest BCUT2D eigenvalue weighted by atomic mass is 35.5. The molecule has 1 amide bonds. The van der Waals surface area contributed by atoms with Crippen LogP contribution in [-0.2, 0) is 4.74 Å². The van der Waals surface area contributed by atoms with E-state index in [9.17, 15) is 9.59 Å². The third kappa shape index (κ3) is 4.69. The average molecular weight is 420 g/mol. The molecular formula is C20H15Cl2NO3S. The van der Waals surface area contributed by atoms with E-state index in [1.165, 1.54) is 23.5 Å². The van der Waals surface area contributed by atoms with Crippen LogP contribution in [0.2, 0.25) is 10.0 Å². The molecule has 7 heteroatoms. The van der Waals surface area contributed by atoms with Crippen LogP contribution in [0.3, 0.4) is 0 Å². The molecule has 4 nitrogen and oxygen atoms in total. The zero-order valence-electron chi connectivity index (χ0n) is 14.3. The summed E-state index contributed by atoms with van der Waals surface area (Å²) in [5.74, 6) is -0.897. The van der Waals surface area contributed by atoms with Gasteiger partial charge >= 0.3 is 5.97 Å². The van der Waals surface area contributed by atoms with Crippen molar-refractivity contribution in [1.29, 1.82) is 0 Å². The lowest BCUT2D eigenvalue weighted by Gasteiger charge is -2.07. The topological polar surface area (TPSA) is 55.4 Å². The van der Waals surface area contributed by atoms with Crippen LogP contribution in [0.5, 0.6) is 0 Å². The third-order valence-corrected chi connectivity index (χ3v) is 5.22. The summed E-state index contributed by atoms with van der Waals surface area (Å²) in [6, 6.07) is 15.9. The van der Waals surface area contributed by atoms with Gasteiger partial charge in [0.1, 0.15) is 4.88 Å². The van der Waals surface area contributed by atoms with Crippen molar-refractivity contribution in [2.75, 3.05) is 11.9 Å². The lowest BCUT2D eigenvalue weighted by molar-refractivity contribution is 0.0533. The van der Waals surface area contributed by atoms with Crippen LogP contribution in [0.25, 0.3) is 10.4 Å². The Morgan fingerprint density at radius 2 is 1.70 bits per heavy atom. The second-order valence-electron chi connectivity index (χ2n) is 5.55. The number of ether oxygens (including phenoxy) is 1. The van der Waals surface area contributed by atoms with Crippen LogP contribution in [-0.4, -0.2) is 18.5 Å². The first-order chi connectivity index (χ1) is 13.0. The lowest BCUT2D eigenvalue weighted by Crippen LogP contribution is -2.14. The molecule has 0 saturated heterocycles. The summed E-state index contributed by atoms with van der Waals surface area (Å²) in [5, 5.41) is 3.47. The first-order valence-electron chi connectivity index (χ1n) is 8.11. The molecule has 0 unspecified atom stereocenters. The standard InChI is InChI=1S/C20H15Cl2NO3S/c1-2-26-20(25)18-16(11-17(27-18)12-6-4-3-5-7-12)23-19(24)13-8-14(21)10-15(22)9-13/h3-11H,2H2,1H3,(H,23,24). The Morgan fingerprint density at radius 1 is 1.04 bits per heavy atom. The fraction of sp³-hybridized carbons (Fsp3) is 0.100. The number of benzene rings is 2. The lowest BCUT2D eigenvalue weighted by atomic mass is 10.1. The minimum atomic E-state index is -0.482. The first kappa shape index (κ1) is 19.4. The molecule has 1 aromatic heterocycles. The highest BCUT2D eigenvalue weighted by molar-refractivity contribution is 7.18. The van der Waals surface area contributed by atoms with E-state index in [2.05, 4.69) is 5.32 Å². The van der Waals surface area contributed by atoms with Gasteiger partial charge < -0.3 is 10.1 Å². The Morgan fingerprint density at radius 3 is 2.33 bits per heavy atom. The largest absolute Gasteiger partial charge is 0.462 e. The predicted molar refractivity (Wildman–Crippen MR) is 110 cm³/mol. The maximum atomic E-state index is 12.6. The summed E-state index contributed by atoms with van der Waals surface area (Å²) in [5.41, 5.74) is 1.63. The Hall–Kier alpha value is -2.34. The van der Waals surface area contributed by atoms with Gasteiger partial charge in [0.05, 0.1) is 12.3 Å². The van der Waals surface area contributed by atoms with E-state index in [0.717, 1.165) is 10.4 Å². The van der Waals surface area contributed by atoms with Crippen molar-refractivity contribution in [2.45, 2.75) is 6.92 Å². The molecule has 27 heavy (non-hydrogen) atoms. The minimum Gasteiger partial charge on any atom is -0.462 e. The van der Waals surface area contributed by atoms with Crippen molar-refractivity contribution in [1.82, 2.24) is 0 Å². The molecule has 1 N–H and O–H groups in total. The van der Waals surface area contributed by atoms with Gasteiger partial charge in [0.15, 0.2) is 0 Å². The maximum absolute atomic E-state index is 12.6. The maximum Gasteiger partial charge on any atom is 0.350 e. The smallest absolute Gasteiger partial charge is 0.350 e. The number of hydrogen-bond donors (Lipinski definition) is 1. The number of thiophene rings is 1. The van der Waals surface area contributed by atoms with Gasteiger partial charge in [0.25, 0.3) is 5.91 Å². The van der Waals surface area contributed by atoms with Gasteiger partial charge in [-0.1, -0.05) is 53.5 Å². The van der Waals surface area contributed by atoms with Gasteiger partial charge in [-0.2, -0.15) is 0 Å². The predicted octanol–water partition coefficient (Wildman–Crippen LogP) is 6.15. The summed E-state index contributed by atoms with van der Waals surface area (Å²) in [4.78, 5) is 26.1. The molecule has 0 fully saturated rings. The molecule has 3 rings (SSSR count). The Kier molecular flexibility index (Phi) is 6.16. The summed E-state index contributed by atoms with van der Waals surface area (Å²) >= 11 is 13.2. The molecule has 0 atom stereocenters. The van der Waals surface area contributed by atoms with E-state index < -0.39 is 11.9 Å². The number of carbonyl (C=O) groups is 2. The second-order valence-corrected chi connectivity index (χ2v) is 7.48. The fourth-order valence-electron chi connectivity index (χ4n) is 2.46. The molecular weight excluding hydrogens is 405 g/mol. The molecule has 2 aromatic carbocycles. The molecule has 0 aliphatic heterocycles. The number of hydrogen-bond acceptors (Lipinski definition) is 4. The van der Waals surface area contributed by atoms with Crippen molar-refractivity contribution >= 4 is 52.1 Å². The van der Waals surface area contributed by atoms with E-state index in [-0.39, 0.29) is 6.61 Å². The van der Waals surface area contributed by atoms with Crippen LogP contribution in [0.4, 0.5) is 5.69 Å². The molecule has 0 aliphatic carbocycles. The van der Waals surface area contributed by atoms with E-state index in [0.29, 0.717) is 26.2 Å². The van der Waals surface area contributed by atoms with Crippen LogP contribution >= 0.6 is 34.5 Å². The quantitative estimate of drug-likeness (QED) is 0.504. The third-order valence-electron chi connectivity index (χ3n) is 3.62. The van der Waals surface area contributed by atoms with E-state index in [1.54, 1.807) is 19.1 Å². The molecule has 0 aliphatic rings. The number of nitrogens with one attached hydrogen (secondary N) is 1. The van der Waals surface area contributed by atoms with Crippen LogP contribution in [0.1, 0.15) is 27.0 Å². The van der Waals surface area contributed by atoms with Crippen molar-refractivity contribution in [2.24, 2.45) is 0 Å². The number of anilines is 1. The van der Waals surface area contributed by atoms with Gasteiger partial charge in [-0.3, -0.25) is 4.79 Å². The van der Waals surface area contributed by atoms with Gasteiger partial charge in [0, 0.05) is 20.5 Å². The van der Waals surface area contributed by atoms with Crippen LogP contribution in [0, 0.1) is 0 Å². The number of rotatable bonds is 5. The van der Waals surface area contributed by atoms with Gasteiger partial charge in [-0.05, 0) is 36.8 Å². The zero-order valence-corrected chi connectivity index (χ0v) is 16.6. The molecule has 0 spiro atoms. The Balaban J connectivity index is 1.96. The summed E-state index contributed by atoms with van der Waals surface area (Å²) < 4.78 is 5.12. The summed E-state index contributed by atoms with van der Waals surface area (Å²) in [7, 11) is 0. The van der Waals surface area contributed by atoms with Crippen LogP contribution in [0.15, 0.2) is 54.6 Å². The first-order valence-corrected chi connectivity index (χ1v) is 9.69. The molecule has 138 valence electrons. The summed E-state index contributed by atoms with van der Waals surface area (Å²) in [6.07, 6.45) is 0. The van der Waals surface area contributed by atoms with E-state index in [1.807, 2.05) is 30.3 Å². The van der Waals surface area contributed by atoms with E-state index >= 15 is 0 Å². The molecule has 0 bridgehead atoms. The SMILES string of the molecule is CCOC(=O)c1sc(-c2ccccc2)cc1NC(=O)c1cc(Cl)cc(Cl)c1. The number of halogens is 2. The highest BCUT2D eigenvalue weighted by Gasteiger charge is 2.20. The Bertz CT molecular complexity index is 966. The molecule has 0 saturated carbocycles.